The summed E-state index contributed by atoms with van der Waals surface area (Å²) in [6.07, 6.45) is 0.885. The van der Waals surface area contributed by atoms with Gasteiger partial charge in [-0.25, -0.2) is 19.6 Å². The number of aromatic carboxylic acids is 2. The maximum absolute atomic E-state index is 12.2. The number of hydrogen-bond donors (Lipinski definition) is 2. The van der Waals surface area contributed by atoms with Gasteiger partial charge in [-0.2, -0.15) is 0 Å². The van der Waals surface area contributed by atoms with Gasteiger partial charge in [-0.1, -0.05) is 65.1 Å². The second-order valence-electron chi connectivity index (χ2n) is 13.8. The van der Waals surface area contributed by atoms with Crippen molar-refractivity contribution in [3.8, 4) is 23.7 Å². The molecule has 56 heavy (non-hydrogen) atoms. The van der Waals surface area contributed by atoms with Gasteiger partial charge < -0.3 is 15.0 Å². The number of benzene rings is 2. The molecule has 0 aliphatic carbocycles. The molecule has 11 heteroatoms. The van der Waals surface area contributed by atoms with Crippen molar-refractivity contribution in [2.24, 2.45) is 0 Å². The van der Waals surface area contributed by atoms with E-state index in [0.717, 1.165) is 39.9 Å². The minimum Gasteiger partial charge on any atom is -0.477 e. The van der Waals surface area contributed by atoms with E-state index in [9.17, 15) is 24.6 Å². The molecule has 1 aliphatic heterocycles. The summed E-state index contributed by atoms with van der Waals surface area (Å²) in [4.78, 5) is 56.3. The Labute approximate surface area is 326 Å². The Kier molecular flexibility index (Phi) is 13.1. The van der Waals surface area contributed by atoms with Crippen LogP contribution in [0.25, 0.3) is 0 Å². The van der Waals surface area contributed by atoms with Crippen molar-refractivity contribution in [2.75, 3.05) is 32.7 Å². The van der Waals surface area contributed by atoms with Crippen LogP contribution in [0.15, 0.2) is 91.0 Å². The highest BCUT2D eigenvalue weighted by atomic mass is 16.4. The van der Waals surface area contributed by atoms with Crippen LogP contribution in [0.3, 0.4) is 0 Å². The lowest BCUT2D eigenvalue weighted by atomic mass is 10.1. The quantitative estimate of drug-likeness (QED) is 0.160. The van der Waals surface area contributed by atoms with Crippen LogP contribution in [0.1, 0.15) is 77.1 Å². The van der Waals surface area contributed by atoms with E-state index < -0.39 is 11.9 Å². The van der Waals surface area contributed by atoms with E-state index in [0.29, 0.717) is 74.9 Å². The van der Waals surface area contributed by atoms with Gasteiger partial charge in [0.2, 0.25) is 0 Å². The predicted octanol–water partition coefficient (Wildman–Crippen LogP) is 5.20. The maximum atomic E-state index is 12.2. The van der Waals surface area contributed by atoms with Crippen LogP contribution >= 0.6 is 0 Å². The minimum absolute atomic E-state index is 0.0900. The highest BCUT2D eigenvalue weighted by molar-refractivity contribution is 5.86. The van der Waals surface area contributed by atoms with E-state index in [2.05, 4.69) is 43.4 Å². The van der Waals surface area contributed by atoms with Crippen LogP contribution in [0.4, 0.5) is 0 Å². The van der Waals surface area contributed by atoms with Gasteiger partial charge in [-0.15, -0.1) is 0 Å². The molecule has 1 aliphatic rings. The molecule has 0 saturated carbocycles. The number of fused-ring (bicyclic) bond motifs is 2. The second kappa shape index (κ2) is 18.7. The first-order valence-corrected chi connectivity index (χ1v) is 18.3. The van der Waals surface area contributed by atoms with E-state index in [-0.39, 0.29) is 17.9 Å². The van der Waals surface area contributed by atoms with E-state index >= 15 is 0 Å². The van der Waals surface area contributed by atoms with Gasteiger partial charge in [0, 0.05) is 74.6 Å². The van der Waals surface area contributed by atoms with Crippen LogP contribution in [-0.4, -0.2) is 90.8 Å². The van der Waals surface area contributed by atoms with Crippen LogP contribution < -0.4 is 0 Å². The summed E-state index contributed by atoms with van der Waals surface area (Å²) in [6, 6.07) is 28.1. The molecule has 0 amide bonds. The number of aromatic nitrogens is 3. The standard InChI is InChI=1S/C45H42N6O5/c1-32-6-10-34(11-7-32)14-16-36-24-40(47-42(26-36)44(53)54)30-49-18-19-50(22-23-52)28-38-4-3-5-39(46-38)29-51(21-20-49)31-41-25-37(27-43(48-41)45(55)56)17-15-35-12-8-33(2)9-13-35/h3-13,23-27H,18-22,28-31H2,1-2H3,(H,53,54)(H,55,56). The molecule has 2 N–H and O–H groups in total. The monoisotopic (exact) mass is 746 g/mol. The van der Waals surface area contributed by atoms with Crippen molar-refractivity contribution in [3.05, 3.63) is 159 Å². The van der Waals surface area contributed by atoms with Crippen LogP contribution in [-0.2, 0) is 31.0 Å². The Balaban J connectivity index is 1.30. The maximum Gasteiger partial charge on any atom is 0.354 e. The largest absolute Gasteiger partial charge is 0.477 e. The van der Waals surface area contributed by atoms with Gasteiger partial charge in [-0.3, -0.25) is 19.7 Å². The average molecular weight is 747 g/mol. The summed E-state index contributed by atoms with van der Waals surface area (Å²) in [6.45, 7) is 7.98. The molecule has 282 valence electrons. The van der Waals surface area contributed by atoms with Gasteiger partial charge in [0.15, 0.2) is 0 Å². The molecule has 0 saturated heterocycles. The number of aryl methyl sites for hydroxylation is 2. The van der Waals surface area contributed by atoms with Crippen molar-refractivity contribution in [3.63, 3.8) is 0 Å². The van der Waals surface area contributed by atoms with Crippen LogP contribution in [0.5, 0.6) is 0 Å². The molecule has 0 atom stereocenters. The zero-order valence-corrected chi connectivity index (χ0v) is 31.4. The number of carboxylic acids is 2. The first-order chi connectivity index (χ1) is 27.1. The number of nitrogens with zero attached hydrogens (tertiary/aromatic N) is 6. The van der Waals surface area contributed by atoms with E-state index in [4.69, 9.17) is 4.98 Å². The molecule has 4 heterocycles. The summed E-state index contributed by atoms with van der Waals surface area (Å²) in [5.74, 6) is 10.2. The highest BCUT2D eigenvalue weighted by Gasteiger charge is 2.19. The molecule has 0 fully saturated rings. The first-order valence-electron chi connectivity index (χ1n) is 18.3. The summed E-state index contributed by atoms with van der Waals surface area (Å²) < 4.78 is 0. The highest BCUT2D eigenvalue weighted by Crippen LogP contribution is 2.16. The molecule has 0 radical (unpaired) electrons. The number of rotatable bonds is 8. The summed E-state index contributed by atoms with van der Waals surface area (Å²) in [5, 5.41) is 19.9. The Hall–Kier alpha value is -6.50. The molecular formula is C45H42N6O5. The summed E-state index contributed by atoms with van der Waals surface area (Å²) in [5.41, 5.74) is 7.54. The number of pyridine rings is 3. The van der Waals surface area contributed by atoms with Gasteiger partial charge in [0.1, 0.15) is 17.7 Å². The lowest BCUT2D eigenvalue weighted by Crippen LogP contribution is -2.40. The van der Waals surface area contributed by atoms with Gasteiger partial charge in [0.25, 0.3) is 0 Å². The zero-order chi connectivity index (χ0) is 39.4. The molecule has 5 aromatic rings. The third-order valence-electron chi connectivity index (χ3n) is 9.21. The third-order valence-corrected chi connectivity index (χ3v) is 9.21. The molecule has 2 aromatic carbocycles. The number of aldehydes is 1. The molecular weight excluding hydrogens is 705 g/mol. The topological polar surface area (TPSA) is 140 Å². The summed E-state index contributed by atoms with van der Waals surface area (Å²) >= 11 is 0. The normalized spacial score (nSPS) is 13.9. The van der Waals surface area contributed by atoms with Gasteiger partial charge >= 0.3 is 11.9 Å². The minimum atomic E-state index is -1.14. The van der Waals surface area contributed by atoms with Crippen molar-refractivity contribution in [1.29, 1.82) is 0 Å². The van der Waals surface area contributed by atoms with E-state index in [1.807, 2.05) is 97.6 Å². The van der Waals surface area contributed by atoms with Crippen LogP contribution in [0.2, 0.25) is 0 Å². The molecule has 6 rings (SSSR count). The average Bonchev–Trinajstić information content (AvgIpc) is 3.18. The Morgan fingerprint density at radius 1 is 0.589 bits per heavy atom. The Bertz CT molecular complexity index is 2340. The van der Waals surface area contributed by atoms with Crippen LogP contribution in [0, 0.1) is 37.5 Å². The Morgan fingerprint density at radius 2 is 1.02 bits per heavy atom. The number of carbonyl (C=O) groups is 3. The molecule has 0 spiro atoms. The molecule has 11 nitrogen and oxygen atoms in total. The van der Waals surface area contributed by atoms with Crippen molar-refractivity contribution >= 4 is 18.2 Å². The fourth-order valence-electron chi connectivity index (χ4n) is 6.28. The van der Waals surface area contributed by atoms with Crippen molar-refractivity contribution < 1.29 is 24.6 Å². The molecule has 3 aromatic heterocycles. The van der Waals surface area contributed by atoms with E-state index in [1.165, 1.54) is 12.1 Å². The molecule has 0 unspecified atom stereocenters. The predicted molar refractivity (Wildman–Crippen MR) is 212 cm³/mol. The number of carbonyl (C=O) groups excluding carboxylic acids is 1. The fraction of sp³-hybridized carbons (Fsp3) is 0.244. The lowest BCUT2D eigenvalue weighted by Gasteiger charge is -2.30. The molecule has 2 bridgehead atoms. The smallest absolute Gasteiger partial charge is 0.354 e. The zero-order valence-electron chi connectivity index (χ0n) is 31.4. The third kappa shape index (κ3) is 11.5. The van der Waals surface area contributed by atoms with Gasteiger partial charge in [0.05, 0.1) is 29.3 Å². The first kappa shape index (κ1) is 39.2. The number of hydrogen-bond acceptors (Lipinski definition) is 9. The second-order valence-corrected chi connectivity index (χ2v) is 13.8. The van der Waals surface area contributed by atoms with Gasteiger partial charge in [-0.05, 0) is 74.5 Å². The lowest BCUT2D eigenvalue weighted by molar-refractivity contribution is -0.109. The fourth-order valence-corrected chi connectivity index (χ4v) is 6.28. The number of carboxylic acid groups (broad SMARTS) is 2. The van der Waals surface area contributed by atoms with E-state index in [1.54, 1.807) is 0 Å². The summed E-state index contributed by atoms with van der Waals surface area (Å²) in [7, 11) is 0. The van der Waals surface area contributed by atoms with Crippen molar-refractivity contribution in [1.82, 2.24) is 29.7 Å². The van der Waals surface area contributed by atoms with Crippen molar-refractivity contribution in [2.45, 2.75) is 40.0 Å². The Morgan fingerprint density at radius 3 is 1.50 bits per heavy atom. The SMILES string of the molecule is Cc1ccc(C#Cc2cc(CN3CCN(CC=O)Cc4cccc(n4)CN(Cc4cc(C#Cc5ccc(C)cc5)cc(C(=O)O)n4)CC3)nc(C(=O)O)c2)cc1.